The molecule has 16 heteroatoms. The van der Waals surface area contributed by atoms with Crippen molar-refractivity contribution in [3.8, 4) is 30.3 Å². The molecule has 0 spiro atoms. The molecular formula is C38H8N16. The van der Waals surface area contributed by atoms with Crippen molar-refractivity contribution in [2.24, 2.45) is 30.0 Å². The number of nitriles is 5. The van der Waals surface area contributed by atoms with E-state index < -0.39 is 0 Å². The van der Waals surface area contributed by atoms with Crippen LogP contribution >= 0.6 is 0 Å². The number of rotatable bonds is 3. The maximum atomic E-state index is 10.5. The van der Waals surface area contributed by atoms with Crippen LogP contribution in [0.2, 0.25) is 0 Å². The highest BCUT2D eigenvalue weighted by atomic mass is 15.0. The van der Waals surface area contributed by atoms with Gasteiger partial charge in [-0.05, 0) is 54.1 Å². The summed E-state index contributed by atoms with van der Waals surface area (Å²) in [6.45, 7) is 30.4. The highest BCUT2D eigenvalue weighted by Crippen LogP contribution is 2.31. The van der Waals surface area contributed by atoms with Crippen LogP contribution in [0.3, 0.4) is 0 Å². The molecule has 0 unspecified atom stereocenters. The molecule has 4 heterocycles. The van der Waals surface area contributed by atoms with Crippen LogP contribution in [0.5, 0.6) is 0 Å². The highest BCUT2D eigenvalue weighted by molar-refractivity contribution is 5.86. The molecule has 3 aliphatic rings. The minimum absolute atomic E-state index is 0.0460. The van der Waals surface area contributed by atoms with Gasteiger partial charge in [-0.1, -0.05) is 0 Å². The lowest BCUT2D eigenvalue weighted by Crippen LogP contribution is -2.22. The van der Waals surface area contributed by atoms with E-state index in [2.05, 4.69) is 60.4 Å². The summed E-state index contributed by atoms with van der Waals surface area (Å²) in [5, 5.41) is 50.9. The fraction of sp³-hybridized carbons (Fsp3) is 0. The zero-order chi connectivity index (χ0) is 38.1. The molecule has 0 saturated heterocycles. The second-order valence-electron chi connectivity index (χ2n) is 10.9. The van der Waals surface area contributed by atoms with Gasteiger partial charge in [0.25, 0.3) is 5.70 Å². The lowest BCUT2D eigenvalue weighted by molar-refractivity contribution is 1.16. The Labute approximate surface area is 302 Å². The first kappa shape index (κ1) is 32.8. The molecular weight excluding hydrogens is 681 g/mol. The number of nitrogens with zero attached hydrogens (tertiary/aromatic N) is 16. The van der Waals surface area contributed by atoms with E-state index in [0.717, 1.165) is 0 Å². The third-order valence-corrected chi connectivity index (χ3v) is 7.97. The predicted molar refractivity (Wildman–Crippen MR) is 182 cm³/mol. The number of pyridine rings is 1. The average molecular weight is 689 g/mol. The van der Waals surface area contributed by atoms with Gasteiger partial charge in [0, 0.05) is 0 Å². The van der Waals surface area contributed by atoms with Crippen molar-refractivity contribution in [1.29, 1.82) is 26.3 Å². The van der Waals surface area contributed by atoms with E-state index in [1.165, 1.54) is 48.5 Å². The van der Waals surface area contributed by atoms with Crippen LogP contribution in [-0.4, -0.2) is 4.98 Å². The Balaban J connectivity index is 1.51. The third kappa shape index (κ3) is 5.32. The molecule has 54 heavy (non-hydrogen) atoms. The smallest absolute Gasteiger partial charge is 0.255 e. The van der Waals surface area contributed by atoms with Crippen molar-refractivity contribution in [2.45, 2.75) is 0 Å². The average Bonchev–Trinajstić information content (AvgIpc) is 3.92. The zero-order valence-electron chi connectivity index (χ0n) is 26.8. The summed E-state index contributed by atoms with van der Waals surface area (Å²) in [6, 6.07) is 20.9. The second kappa shape index (κ2) is 12.9. The Morgan fingerprint density at radius 2 is 0.870 bits per heavy atom. The normalized spacial score (nSPS) is 12.9. The van der Waals surface area contributed by atoms with Gasteiger partial charge in [-0.3, -0.25) is 14.7 Å². The van der Waals surface area contributed by atoms with Gasteiger partial charge in [0.05, 0.1) is 92.6 Å². The second-order valence-corrected chi connectivity index (χ2v) is 10.9. The molecule has 0 fully saturated rings. The van der Waals surface area contributed by atoms with E-state index in [0.29, 0.717) is 0 Å². The number of benzene rings is 3. The molecule has 0 radical (unpaired) electrons. The lowest BCUT2D eigenvalue weighted by Gasteiger charge is -2.09. The first-order valence-electron chi connectivity index (χ1n) is 14.9. The van der Waals surface area contributed by atoms with Crippen molar-refractivity contribution < 1.29 is 0 Å². The molecule has 3 aliphatic heterocycles. The summed E-state index contributed by atoms with van der Waals surface area (Å²) < 4.78 is 0. The number of fused-ring (bicyclic) bond motifs is 3. The maximum absolute atomic E-state index is 10.5. The van der Waals surface area contributed by atoms with Crippen molar-refractivity contribution in [3.05, 3.63) is 177 Å². The molecule has 0 aliphatic carbocycles. The molecule has 7 rings (SSSR count). The molecule has 0 atom stereocenters. The van der Waals surface area contributed by atoms with Gasteiger partial charge in [0.15, 0.2) is 28.8 Å². The van der Waals surface area contributed by atoms with Gasteiger partial charge in [0.2, 0.25) is 5.69 Å². The molecule has 0 saturated carbocycles. The molecule has 0 bridgehead atoms. The summed E-state index contributed by atoms with van der Waals surface area (Å²) in [4.78, 5) is 44.9. The highest BCUT2D eigenvalue weighted by Gasteiger charge is 2.23. The van der Waals surface area contributed by atoms with Crippen LogP contribution < -0.4 is 32.1 Å². The summed E-state index contributed by atoms with van der Waals surface area (Å²) in [5.74, 6) is -0.314. The van der Waals surface area contributed by atoms with Crippen LogP contribution in [-0.2, 0) is 0 Å². The number of hydrogen-bond acceptors (Lipinski definition) is 12. The maximum Gasteiger partial charge on any atom is 0.255 e. The zero-order valence-corrected chi connectivity index (χ0v) is 26.8. The van der Waals surface area contributed by atoms with Crippen LogP contribution in [0, 0.1) is 82.9 Å². The van der Waals surface area contributed by atoms with Gasteiger partial charge in [0.1, 0.15) is 35.4 Å². The van der Waals surface area contributed by atoms with Crippen LogP contribution in [0.4, 0.5) is 17.1 Å². The number of aromatic nitrogens is 1. The van der Waals surface area contributed by atoms with Gasteiger partial charge in [-0.25, -0.2) is 39.6 Å². The van der Waals surface area contributed by atoms with Crippen LogP contribution in [0.25, 0.3) is 36.2 Å². The summed E-state index contributed by atoms with van der Waals surface area (Å²) in [7, 11) is 0. The van der Waals surface area contributed by atoms with Gasteiger partial charge >= 0.3 is 0 Å². The lowest BCUT2D eigenvalue weighted by atomic mass is 10.0. The molecule has 0 N–H and O–H groups in total. The van der Waals surface area contributed by atoms with Crippen LogP contribution in [0.15, 0.2) is 95.9 Å². The SMILES string of the molecule is [C-]#[N+]/C(=C1/N=c2cc(C#N)c([N+]#[C-])cc2=N1)c1cc(C(C#N)=C2N=c3cc(C#N)c(C#N)cc3=N2)cc(C(C#N)=C2N=c3cc([N+]#[C-])c([N+]#[C-])cc3=N2)n1. The Bertz CT molecular complexity index is 2890. The Morgan fingerprint density at radius 3 is 1.31 bits per heavy atom. The van der Waals surface area contributed by atoms with Gasteiger partial charge in [-0.15, -0.1) is 0 Å². The van der Waals surface area contributed by atoms with Gasteiger partial charge in [-0.2, -0.15) is 26.3 Å². The first-order valence-corrected chi connectivity index (χ1v) is 14.9. The summed E-state index contributed by atoms with van der Waals surface area (Å²) in [5.41, 5.74) is -0.262. The van der Waals surface area contributed by atoms with Crippen molar-refractivity contribution >= 4 is 33.9 Å². The molecule has 1 aromatic heterocycles. The van der Waals surface area contributed by atoms with E-state index in [1.807, 2.05) is 24.3 Å². The van der Waals surface area contributed by atoms with E-state index in [9.17, 15) is 26.3 Å². The first-order chi connectivity index (χ1) is 26.3. The summed E-state index contributed by atoms with van der Waals surface area (Å²) >= 11 is 0. The van der Waals surface area contributed by atoms with E-state index in [-0.39, 0.29) is 117 Å². The molecule has 0 amide bonds. The molecule has 4 aromatic rings. The minimum atomic E-state index is -0.213. The number of allylic oxidation sites excluding steroid dienone is 2. The molecule has 3 aromatic carbocycles. The van der Waals surface area contributed by atoms with Crippen LogP contribution in [0.1, 0.15) is 33.6 Å². The van der Waals surface area contributed by atoms with Crippen molar-refractivity contribution in [3.63, 3.8) is 0 Å². The fourth-order valence-corrected chi connectivity index (χ4v) is 5.48. The quantitative estimate of drug-likeness (QED) is 0.232. The molecule has 16 nitrogen and oxygen atoms in total. The van der Waals surface area contributed by atoms with Gasteiger partial charge < -0.3 is 0 Å². The number of hydrogen-bond donors (Lipinski definition) is 0. The minimum Gasteiger partial charge on any atom is -0.259 e. The standard InChI is InChI=1S/C38H8N16/c1-44-24-10-31-30(9-21(24)15-41)53-38(54-31)35(47-4)34-6-18(22(16-42)36-49-28-7-19(13-39)20(14-40)8-29(28)50-36)5-25(48-34)23(17-43)37-51-32-11-26(45-2)27(46-3)12-33(32)52-37/h5-12H/b38-35-. The van der Waals surface area contributed by atoms with Crippen molar-refractivity contribution in [2.75, 3.05) is 0 Å². The Kier molecular flexibility index (Phi) is 7.85. The van der Waals surface area contributed by atoms with E-state index in [1.54, 1.807) is 0 Å². The molecule has 240 valence electrons. The predicted octanol–water partition coefficient (Wildman–Crippen LogP) is 3.14. The topological polar surface area (TPSA) is 223 Å². The van der Waals surface area contributed by atoms with E-state index >= 15 is 0 Å². The summed E-state index contributed by atoms with van der Waals surface area (Å²) in [6.07, 6.45) is 0. The Morgan fingerprint density at radius 1 is 0.463 bits per heavy atom. The fourth-order valence-electron chi connectivity index (χ4n) is 5.48. The monoisotopic (exact) mass is 688 g/mol. The Hall–Kier alpha value is -9.76. The van der Waals surface area contributed by atoms with Crippen molar-refractivity contribution in [1.82, 2.24) is 4.98 Å². The third-order valence-electron chi connectivity index (χ3n) is 7.97. The largest absolute Gasteiger partial charge is 0.259 e. The van der Waals surface area contributed by atoms with E-state index in [4.69, 9.17) is 26.3 Å².